The van der Waals surface area contributed by atoms with E-state index in [2.05, 4.69) is 20.3 Å². The number of aryl methyl sites for hydroxylation is 2. The second kappa shape index (κ2) is 8.43. The second-order valence-electron chi connectivity index (χ2n) is 9.83. The molecule has 0 amide bonds. The number of hydrogen-bond donors (Lipinski definition) is 1. The Hall–Kier alpha value is -2.84. The van der Waals surface area contributed by atoms with Crippen LogP contribution in [0.5, 0.6) is 11.5 Å². The topological polar surface area (TPSA) is 78.4 Å². The minimum absolute atomic E-state index is 0.0377. The van der Waals surface area contributed by atoms with Crippen molar-refractivity contribution in [1.29, 1.82) is 0 Å². The van der Waals surface area contributed by atoms with Crippen LogP contribution in [-0.4, -0.2) is 45.9 Å². The number of aromatic nitrogens is 3. The number of hydrogen-bond acceptors (Lipinski definition) is 7. The van der Waals surface area contributed by atoms with Crippen LogP contribution in [0.4, 0.5) is 4.39 Å². The van der Waals surface area contributed by atoms with Crippen LogP contribution in [0.25, 0.3) is 11.0 Å². The molecule has 1 N–H and O–H groups in total. The van der Waals surface area contributed by atoms with Gasteiger partial charge in [0.05, 0.1) is 41.3 Å². The molecular weight excluding hydrogens is 435 g/mol. The summed E-state index contributed by atoms with van der Waals surface area (Å²) in [7, 11) is 0. The lowest BCUT2D eigenvalue weighted by atomic mass is 9.69. The third-order valence-corrected chi connectivity index (χ3v) is 7.64. The van der Waals surface area contributed by atoms with Gasteiger partial charge < -0.3 is 19.5 Å². The van der Waals surface area contributed by atoms with Crippen LogP contribution in [0.1, 0.15) is 49.1 Å². The number of pyridine rings is 3. The third kappa shape index (κ3) is 3.99. The standard InChI is InChI=1S/C26H29FN4O3/c1-17-2-3-21-24(31-17)19(20(27)14-29-21)4-5-26-8-6-25(7-9-26,16-34-26)30-13-18-12-22-23(15-28-18)33-11-10-32-22/h2-3,12,14-15,30H,4-11,13,16H2,1H3. The number of ether oxygens (including phenoxy) is 3. The molecule has 2 bridgehead atoms. The van der Waals surface area contributed by atoms with Crippen LogP contribution in [0.3, 0.4) is 0 Å². The summed E-state index contributed by atoms with van der Waals surface area (Å²) in [5.74, 6) is 1.19. The fourth-order valence-corrected chi connectivity index (χ4v) is 5.46. The van der Waals surface area contributed by atoms with Gasteiger partial charge in [-0.1, -0.05) is 0 Å². The van der Waals surface area contributed by atoms with E-state index in [4.69, 9.17) is 14.2 Å². The summed E-state index contributed by atoms with van der Waals surface area (Å²) >= 11 is 0. The molecule has 7 nitrogen and oxygen atoms in total. The van der Waals surface area contributed by atoms with Gasteiger partial charge in [-0.05, 0) is 57.6 Å². The fourth-order valence-electron chi connectivity index (χ4n) is 5.46. The predicted octanol–water partition coefficient (Wildman–Crippen LogP) is 4.05. The molecule has 3 fully saturated rings. The Morgan fingerprint density at radius 3 is 2.65 bits per heavy atom. The molecule has 7 rings (SSSR count). The van der Waals surface area contributed by atoms with Crippen molar-refractivity contribution in [3.63, 3.8) is 0 Å². The van der Waals surface area contributed by atoms with Crippen LogP contribution in [0.15, 0.2) is 30.6 Å². The van der Waals surface area contributed by atoms with Gasteiger partial charge in [-0.3, -0.25) is 15.0 Å². The Bertz CT molecular complexity index is 1200. The summed E-state index contributed by atoms with van der Waals surface area (Å²) in [6.45, 7) is 4.37. The Morgan fingerprint density at radius 2 is 1.85 bits per heavy atom. The lowest BCUT2D eigenvalue weighted by Crippen LogP contribution is -2.61. The van der Waals surface area contributed by atoms with Crippen LogP contribution in [0.2, 0.25) is 0 Å². The molecule has 3 aromatic heterocycles. The normalized spacial score (nSPS) is 25.6. The first-order valence-corrected chi connectivity index (χ1v) is 12.1. The van der Waals surface area contributed by atoms with Gasteiger partial charge in [0.1, 0.15) is 19.0 Å². The summed E-state index contributed by atoms with van der Waals surface area (Å²) in [5, 5.41) is 3.71. The second-order valence-corrected chi connectivity index (χ2v) is 9.83. The molecule has 2 saturated heterocycles. The highest BCUT2D eigenvalue weighted by Crippen LogP contribution is 2.46. The van der Waals surface area contributed by atoms with E-state index in [0.29, 0.717) is 49.6 Å². The summed E-state index contributed by atoms with van der Waals surface area (Å²) in [4.78, 5) is 13.3. The Balaban J connectivity index is 1.10. The lowest BCUT2D eigenvalue weighted by Gasteiger charge is -2.53. The molecule has 3 aromatic rings. The van der Waals surface area contributed by atoms with Crippen molar-refractivity contribution in [3.05, 3.63) is 53.4 Å². The van der Waals surface area contributed by atoms with E-state index in [1.54, 1.807) is 6.20 Å². The van der Waals surface area contributed by atoms with Crippen molar-refractivity contribution in [2.75, 3.05) is 19.8 Å². The zero-order valence-electron chi connectivity index (χ0n) is 19.4. The summed E-state index contributed by atoms with van der Waals surface area (Å²) in [5.41, 5.74) is 3.64. The van der Waals surface area contributed by atoms with E-state index in [-0.39, 0.29) is 17.0 Å². The molecule has 3 aliphatic heterocycles. The first kappa shape index (κ1) is 21.7. The molecular formula is C26H29FN4O3. The first-order chi connectivity index (χ1) is 16.5. The number of nitrogens with one attached hydrogen (secondary N) is 1. The predicted molar refractivity (Wildman–Crippen MR) is 125 cm³/mol. The van der Waals surface area contributed by atoms with E-state index >= 15 is 0 Å². The molecule has 178 valence electrons. The fraction of sp³-hybridized carbons (Fsp3) is 0.500. The van der Waals surface area contributed by atoms with Crippen LogP contribution in [0, 0.1) is 12.7 Å². The smallest absolute Gasteiger partial charge is 0.179 e. The van der Waals surface area contributed by atoms with E-state index in [1.807, 2.05) is 25.1 Å². The molecule has 0 unspecified atom stereocenters. The van der Waals surface area contributed by atoms with Gasteiger partial charge in [0.2, 0.25) is 0 Å². The zero-order chi connectivity index (χ0) is 23.2. The van der Waals surface area contributed by atoms with Gasteiger partial charge >= 0.3 is 0 Å². The van der Waals surface area contributed by atoms with Crippen molar-refractivity contribution < 1.29 is 18.6 Å². The summed E-state index contributed by atoms with van der Waals surface area (Å²) < 4.78 is 32.4. The van der Waals surface area contributed by atoms with Crippen LogP contribution in [-0.2, 0) is 17.7 Å². The van der Waals surface area contributed by atoms with Gasteiger partial charge in [-0.25, -0.2) is 4.39 Å². The Labute approximate surface area is 198 Å². The molecule has 6 heterocycles. The van der Waals surface area contributed by atoms with Crippen LogP contribution < -0.4 is 14.8 Å². The largest absolute Gasteiger partial charge is 0.486 e. The molecule has 1 saturated carbocycles. The zero-order valence-corrected chi connectivity index (χ0v) is 19.4. The number of fused-ring (bicyclic) bond motifs is 5. The van der Waals surface area contributed by atoms with Crippen LogP contribution >= 0.6 is 0 Å². The lowest BCUT2D eigenvalue weighted by molar-refractivity contribution is -0.165. The minimum Gasteiger partial charge on any atom is -0.486 e. The molecule has 0 spiro atoms. The molecule has 1 aliphatic carbocycles. The SMILES string of the molecule is Cc1ccc2ncc(F)c(CCC34CCC(NCc5cc6c(cn5)OCCO6)(CC3)CO4)c2n1. The Morgan fingerprint density at radius 1 is 1.03 bits per heavy atom. The maximum absolute atomic E-state index is 14.7. The number of nitrogens with zero attached hydrogens (tertiary/aromatic N) is 3. The summed E-state index contributed by atoms with van der Waals surface area (Å²) in [6.07, 6.45) is 8.45. The van der Waals surface area contributed by atoms with Gasteiger partial charge in [-0.15, -0.1) is 0 Å². The maximum Gasteiger partial charge on any atom is 0.179 e. The molecule has 0 aromatic carbocycles. The monoisotopic (exact) mass is 464 g/mol. The molecule has 8 heteroatoms. The third-order valence-electron chi connectivity index (χ3n) is 7.64. The number of halogens is 1. The van der Waals surface area contributed by atoms with Crippen molar-refractivity contribution in [2.24, 2.45) is 0 Å². The highest BCUT2D eigenvalue weighted by molar-refractivity contribution is 5.77. The highest BCUT2D eigenvalue weighted by Gasteiger charge is 2.49. The maximum atomic E-state index is 14.7. The Kier molecular flexibility index (Phi) is 5.37. The van der Waals surface area contributed by atoms with E-state index in [0.717, 1.165) is 54.8 Å². The van der Waals surface area contributed by atoms with Gasteiger partial charge in [-0.2, -0.15) is 0 Å². The van der Waals surface area contributed by atoms with E-state index in [9.17, 15) is 4.39 Å². The van der Waals surface area contributed by atoms with E-state index in [1.165, 1.54) is 6.20 Å². The first-order valence-electron chi connectivity index (χ1n) is 12.1. The average molecular weight is 465 g/mol. The molecule has 4 aliphatic rings. The molecule has 0 atom stereocenters. The summed E-state index contributed by atoms with van der Waals surface area (Å²) in [6, 6.07) is 5.78. The highest BCUT2D eigenvalue weighted by atomic mass is 19.1. The minimum atomic E-state index is -0.281. The van der Waals surface area contributed by atoms with Crippen molar-refractivity contribution in [1.82, 2.24) is 20.3 Å². The average Bonchev–Trinajstić information content (AvgIpc) is 2.88. The number of rotatable bonds is 6. The molecule has 0 radical (unpaired) electrons. The van der Waals surface area contributed by atoms with Crippen molar-refractivity contribution in [2.45, 2.75) is 63.1 Å². The van der Waals surface area contributed by atoms with E-state index < -0.39 is 0 Å². The van der Waals surface area contributed by atoms with Crippen molar-refractivity contribution in [3.8, 4) is 11.5 Å². The molecule has 34 heavy (non-hydrogen) atoms. The quantitative estimate of drug-likeness (QED) is 0.590. The van der Waals surface area contributed by atoms with Gasteiger partial charge in [0.15, 0.2) is 11.5 Å². The van der Waals surface area contributed by atoms with Gasteiger partial charge in [0.25, 0.3) is 0 Å². The van der Waals surface area contributed by atoms with Gasteiger partial charge in [0, 0.05) is 29.4 Å². The van der Waals surface area contributed by atoms with Crippen molar-refractivity contribution >= 4 is 11.0 Å².